The second kappa shape index (κ2) is 6.90. The molecule has 1 amide bonds. The number of nitrogens with two attached hydrogens (primary N) is 1. The van der Waals surface area contributed by atoms with Crippen LogP contribution in [0.3, 0.4) is 0 Å². The lowest BCUT2D eigenvalue weighted by atomic mass is 10.1. The summed E-state index contributed by atoms with van der Waals surface area (Å²) in [6, 6.07) is 14.7. The highest BCUT2D eigenvalue weighted by Gasteiger charge is 2.13. The molecular weight excluding hydrogens is 264 g/mol. The summed E-state index contributed by atoms with van der Waals surface area (Å²) in [6.07, 6.45) is 0.188. The van der Waals surface area contributed by atoms with Crippen LogP contribution in [0.1, 0.15) is 16.7 Å². The van der Waals surface area contributed by atoms with Crippen molar-refractivity contribution in [2.45, 2.75) is 19.5 Å². The average Bonchev–Trinajstić information content (AvgIpc) is 2.50. The van der Waals surface area contributed by atoms with E-state index in [0.29, 0.717) is 18.7 Å². The summed E-state index contributed by atoms with van der Waals surface area (Å²) in [4.78, 5) is 13.9. The number of phenols is 1. The van der Waals surface area contributed by atoms with Crippen LogP contribution in [-0.4, -0.2) is 23.0 Å². The zero-order valence-electron chi connectivity index (χ0n) is 12.1. The van der Waals surface area contributed by atoms with Crippen LogP contribution in [0.2, 0.25) is 0 Å². The Morgan fingerprint density at radius 2 is 1.62 bits per heavy atom. The molecule has 4 heteroatoms. The third-order valence-corrected chi connectivity index (χ3v) is 3.50. The molecule has 21 heavy (non-hydrogen) atoms. The van der Waals surface area contributed by atoms with Gasteiger partial charge < -0.3 is 15.7 Å². The maximum Gasteiger partial charge on any atom is 0.227 e. The number of amides is 1. The molecule has 3 N–H and O–H groups in total. The van der Waals surface area contributed by atoms with Crippen molar-refractivity contribution >= 4 is 5.91 Å². The molecule has 0 saturated heterocycles. The van der Waals surface area contributed by atoms with E-state index in [4.69, 9.17) is 5.73 Å². The van der Waals surface area contributed by atoms with Crippen LogP contribution < -0.4 is 5.73 Å². The number of benzene rings is 2. The van der Waals surface area contributed by atoms with Crippen LogP contribution in [0.25, 0.3) is 0 Å². The zero-order valence-corrected chi connectivity index (χ0v) is 12.1. The van der Waals surface area contributed by atoms with Crippen LogP contribution >= 0.6 is 0 Å². The van der Waals surface area contributed by atoms with E-state index in [9.17, 15) is 9.90 Å². The predicted molar refractivity (Wildman–Crippen MR) is 82.6 cm³/mol. The summed E-state index contributed by atoms with van der Waals surface area (Å²) < 4.78 is 0. The van der Waals surface area contributed by atoms with Crippen LogP contribution in [0.15, 0.2) is 48.5 Å². The molecule has 0 aliphatic carbocycles. The Kier molecular flexibility index (Phi) is 4.95. The van der Waals surface area contributed by atoms with Gasteiger partial charge in [0.2, 0.25) is 5.91 Å². The number of para-hydroxylation sites is 1. The molecule has 0 unspecified atom stereocenters. The Bertz CT molecular complexity index is 626. The molecule has 0 aliphatic heterocycles. The van der Waals surface area contributed by atoms with Gasteiger partial charge in [0.25, 0.3) is 0 Å². The minimum Gasteiger partial charge on any atom is -0.508 e. The average molecular weight is 284 g/mol. The van der Waals surface area contributed by atoms with Crippen molar-refractivity contribution in [3.63, 3.8) is 0 Å². The first-order valence-corrected chi connectivity index (χ1v) is 6.89. The Morgan fingerprint density at radius 1 is 1.05 bits per heavy atom. The lowest BCUT2D eigenvalue weighted by molar-refractivity contribution is -0.129. The van der Waals surface area contributed by atoms with Gasteiger partial charge in [0.15, 0.2) is 0 Å². The van der Waals surface area contributed by atoms with Crippen LogP contribution in [-0.2, 0) is 24.3 Å². The van der Waals surface area contributed by atoms with E-state index in [2.05, 4.69) is 0 Å². The highest BCUT2D eigenvalue weighted by Crippen LogP contribution is 2.17. The fourth-order valence-corrected chi connectivity index (χ4v) is 2.21. The standard InChI is InChI=1S/C17H20N2O2/c1-19(12-15-8-3-2-7-14(15)11-18)17(21)10-13-6-4-5-9-16(13)20/h2-9,20H,10-12,18H2,1H3. The summed E-state index contributed by atoms with van der Waals surface area (Å²) in [5.74, 6) is 0.116. The van der Waals surface area contributed by atoms with Gasteiger partial charge in [-0.1, -0.05) is 42.5 Å². The Labute approximate surface area is 124 Å². The SMILES string of the molecule is CN(Cc1ccccc1CN)C(=O)Cc1ccccc1O. The second-order valence-electron chi connectivity index (χ2n) is 5.03. The van der Waals surface area contributed by atoms with Gasteiger partial charge in [-0.15, -0.1) is 0 Å². The van der Waals surface area contributed by atoms with Gasteiger partial charge >= 0.3 is 0 Å². The van der Waals surface area contributed by atoms with Crippen LogP contribution in [0.4, 0.5) is 0 Å². The van der Waals surface area contributed by atoms with E-state index in [1.54, 1.807) is 30.1 Å². The van der Waals surface area contributed by atoms with Gasteiger partial charge in [-0.3, -0.25) is 4.79 Å². The number of hydrogen-bond donors (Lipinski definition) is 2. The molecule has 0 heterocycles. The van der Waals surface area contributed by atoms with Crippen molar-refractivity contribution in [2.75, 3.05) is 7.05 Å². The monoisotopic (exact) mass is 284 g/mol. The molecule has 0 fully saturated rings. The summed E-state index contributed by atoms with van der Waals surface area (Å²) in [5.41, 5.74) is 8.44. The van der Waals surface area contributed by atoms with Gasteiger partial charge in [0.1, 0.15) is 5.75 Å². The van der Waals surface area contributed by atoms with Gasteiger partial charge in [0, 0.05) is 25.7 Å². The van der Waals surface area contributed by atoms with E-state index >= 15 is 0 Å². The zero-order chi connectivity index (χ0) is 15.2. The van der Waals surface area contributed by atoms with Crippen molar-refractivity contribution in [3.8, 4) is 5.75 Å². The maximum absolute atomic E-state index is 12.3. The van der Waals surface area contributed by atoms with Crippen molar-refractivity contribution in [3.05, 3.63) is 65.2 Å². The van der Waals surface area contributed by atoms with Crippen molar-refractivity contribution < 1.29 is 9.90 Å². The van der Waals surface area contributed by atoms with E-state index in [1.165, 1.54) is 0 Å². The molecule has 0 aliphatic rings. The Balaban J connectivity index is 2.05. The van der Waals surface area contributed by atoms with Gasteiger partial charge in [-0.2, -0.15) is 0 Å². The van der Waals surface area contributed by atoms with Gasteiger partial charge in [0.05, 0.1) is 6.42 Å². The molecular formula is C17H20N2O2. The Hall–Kier alpha value is -2.33. The normalized spacial score (nSPS) is 10.4. The van der Waals surface area contributed by atoms with Crippen LogP contribution in [0, 0.1) is 0 Å². The number of carbonyl (C=O) groups is 1. The molecule has 2 aromatic carbocycles. The summed E-state index contributed by atoms with van der Waals surface area (Å²) in [7, 11) is 1.76. The first-order chi connectivity index (χ1) is 10.1. The molecule has 0 atom stereocenters. The highest BCUT2D eigenvalue weighted by atomic mass is 16.3. The molecule has 0 radical (unpaired) electrons. The first-order valence-electron chi connectivity index (χ1n) is 6.89. The lowest BCUT2D eigenvalue weighted by Crippen LogP contribution is -2.28. The summed E-state index contributed by atoms with van der Waals surface area (Å²) in [5, 5.41) is 9.73. The minimum absolute atomic E-state index is 0.0386. The molecule has 0 saturated carbocycles. The van der Waals surface area contributed by atoms with E-state index in [0.717, 1.165) is 11.1 Å². The fraction of sp³-hybridized carbons (Fsp3) is 0.235. The molecule has 0 bridgehead atoms. The number of likely N-dealkylation sites (N-methyl/N-ethyl adjacent to an activating group) is 1. The topological polar surface area (TPSA) is 66.6 Å². The predicted octanol–water partition coefficient (Wildman–Crippen LogP) is 2.05. The number of hydrogen-bond acceptors (Lipinski definition) is 3. The molecule has 2 rings (SSSR count). The first kappa shape index (κ1) is 15.1. The molecule has 4 nitrogen and oxygen atoms in total. The van der Waals surface area contributed by atoms with Crippen molar-refractivity contribution in [2.24, 2.45) is 5.73 Å². The largest absolute Gasteiger partial charge is 0.508 e. The third kappa shape index (κ3) is 3.83. The number of aromatic hydroxyl groups is 1. The Morgan fingerprint density at radius 3 is 2.24 bits per heavy atom. The number of phenolic OH excluding ortho intramolecular Hbond substituents is 1. The van der Waals surface area contributed by atoms with E-state index in [1.807, 2.05) is 30.3 Å². The van der Waals surface area contributed by atoms with Crippen molar-refractivity contribution in [1.82, 2.24) is 4.90 Å². The van der Waals surface area contributed by atoms with Gasteiger partial charge in [-0.05, 0) is 17.2 Å². The number of nitrogens with zero attached hydrogens (tertiary/aromatic N) is 1. The second-order valence-corrected chi connectivity index (χ2v) is 5.03. The highest BCUT2D eigenvalue weighted by molar-refractivity contribution is 5.79. The third-order valence-electron chi connectivity index (χ3n) is 3.50. The smallest absolute Gasteiger partial charge is 0.227 e. The van der Waals surface area contributed by atoms with Gasteiger partial charge in [-0.25, -0.2) is 0 Å². The molecule has 0 aromatic heterocycles. The van der Waals surface area contributed by atoms with Crippen molar-refractivity contribution in [1.29, 1.82) is 0 Å². The van der Waals surface area contributed by atoms with E-state index in [-0.39, 0.29) is 18.1 Å². The number of rotatable bonds is 5. The maximum atomic E-state index is 12.3. The lowest BCUT2D eigenvalue weighted by Gasteiger charge is -2.19. The summed E-state index contributed by atoms with van der Waals surface area (Å²) >= 11 is 0. The van der Waals surface area contributed by atoms with E-state index < -0.39 is 0 Å². The number of carbonyl (C=O) groups excluding carboxylic acids is 1. The molecule has 110 valence electrons. The molecule has 0 spiro atoms. The minimum atomic E-state index is -0.0386. The fourth-order valence-electron chi connectivity index (χ4n) is 2.21. The van der Waals surface area contributed by atoms with Crippen LogP contribution in [0.5, 0.6) is 5.75 Å². The summed E-state index contributed by atoms with van der Waals surface area (Å²) in [6.45, 7) is 0.970. The quantitative estimate of drug-likeness (QED) is 0.883. The molecule has 2 aromatic rings.